The minimum absolute atomic E-state index is 0.0213. The van der Waals surface area contributed by atoms with Crippen LogP contribution in [0.4, 0.5) is 0 Å². The number of hydrogen-bond donors (Lipinski definition) is 0. The van der Waals surface area contributed by atoms with Crippen LogP contribution in [0, 0.1) is 0 Å². The zero-order chi connectivity index (χ0) is 16.4. The normalized spacial score (nSPS) is 23.3. The Morgan fingerprint density at radius 3 is 2.61 bits per heavy atom. The van der Waals surface area contributed by atoms with Crippen molar-refractivity contribution in [2.75, 3.05) is 24.6 Å². The Morgan fingerprint density at radius 2 is 2.09 bits per heavy atom. The molecular formula is C16H24N2O4S. The number of carbonyl (C=O) groups is 1. The standard InChI is InChI=1S/C16H24N2O4S/c1-2-18(14-7-9-23(20,21)12-14)16(19)11-17(13-5-6-13)10-15-4-3-8-22-15/h3-4,8,13-14H,2,5-7,9-12H2,1H3. The van der Waals surface area contributed by atoms with Crippen molar-refractivity contribution in [1.29, 1.82) is 0 Å². The van der Waals surface area contributed by atoms with Crippen LogP contribution in [0.2, 0.25) is 0 Å². The van der Waals surface area contributed by atoms with Gasteiger partial charge in [0.25, 0.3) is 0 Å². The SMILES string of the molecule is CCN(C(=O)CN(Cc1ccco1)C1CC1)C1CCS(=O)(=O)C1. The van der Waals surface area contributed by atoms with E-state index < -0.39 is 9.84 Å². The Balaban J connectivity index is 1.63. The Labute approximate surface area is 137 Å². The summed E-state index contributed by atoms with van der Waals surface area (Å²) in [5.41, 5.74) is 0. The smallest absolute Gasteiger partial charge is 0.237 e. The molecule has 0 bridgehead atoms. The maximum absolute atomic E-state index is 12.7. The number of amides is 1. The molecule has 0 radical (unpaired) electrons. The van der Waals surface area contributed by atoms with E-state index in [1.807, 2.05) is 19.1 Å². The summed E-state index contributed by atoms with van der Waals surface area (Å²) in [6.07, 6.45) is 4.42. The molecule has 1 saturated heterocycles. The predicted molar refractivity (Wildman–Crippen MR) is 86.6 cm³/mol. The van der Waals surface area contributed by atoms with Crippen molar-refractivity contribution >= 4 is 15.7 Å². The Bertz CT molecular complexity index is 637. The van der Waals surface area contributed by atoms with E-state index in [2.05, 4.69) is 4.90 Å². The third kappa shape index (κ3) is 4.14. The van der Waals surface area contributed by atoms with Crippen LogP contribution in [0.3, 0.4) is 0 Å². The second-order valence-corrected chi connectivity index (χ2v) is 8.68. The summed E-state index contributed by atoms with van der Waals surface area (Å²) >= 11 is 0. The average molecular weight is 340 g/mol. The zero-order valence-corrected chi connectivity index (χ0v) is 14.3. The summed E-state index contributed by atoms with van der Waals surface area (Å²) in [7, 11) is -2.98. The summed E-state index contributed by atoms with van der Waals surface area (Å²) < 4.78 is 28.7. The fraction of sp³-hybridized carbons (Fsp3) is 0.688. The highest BCUT2D eigenvalue weighted by Crippen LogP contribution is 2.28. The maximum atomic E-state index is 12.7. The summed E-state index contributed by atoms with van der Waals surface area (Å²) in [6, 6.07) is 4.04. The summed E-state index contributed by atoms with van der Waals surface area (Å²) in [4.78, 5) is 16.6. The van der Waals surface area contributed by atoms with Crippen LogP contribution in [-0.2, 0) is 21.2 Å². The maximum Gasteiger partial charge on any atom is 0.237 e. The second kappa shape index (κ2) is 6.65. The number of hydrogen-bond acceptors (Lipinski definition) is 5. The topological polar surface area (TPSA) is 70.8 Å². The van der Waals surface area contributed by atoms with Crippen molar-refractivity contribution < 1.29 is 17.6 Å². The molecule has 23 heavy (non-hydrogen) atoms. The minimum Gasteiger partial charge on any atom is -0.468 e. The van der Waals surface area contributed by atoms with Crippen molar-refractivity contribution in [2.24, 2.45) is 0 Å². The Morgan fingerprint density at radius 1 is 1.30 bits per heavy atom. The lowest BCUT2D eigenvalue weighted by atomic mass is 10.2. The number of sulfone groups is 1. The van der Waals surface area contributed by atoms with Crippen LogP contribution < -0.4 is 0 Å². The molecular weight excluding hydrogens is 316 g/mol. The van der Waals surface area contributed by atoms with E-state index in [1.54, 1.807) is 11.2 Å². The molecule has 7 heteroatoms. The van der Waals surface area contributed by atoms with Crippen molar-refractivity contribution in [3.05, 3.63) is 24.2 Å². The van der Waals surface area contributed by atoms with E-state index in [0.29, 0.717) is 32.1 Å². The van der Waals surface area contributed by atoms with Crippen LogP contribution in [0.25, 0.3) is 0 Å². The molecule has 1 unspecified atom stereocenters. The molecule has 2 heterocycles. The van der Waals surface area contributed by atoms with Crippen molar-refractivity contribution in [2.45, 2.75) is 44.8 Å². The van der Waals surface area contributed by atoms with Gasteiger partial charge in [0.2, 0.25) is 5.91 Å². The van der Waals surface area contributed by atoms with Crippen molar-refractivity contribution in [3.63, 3.8) is 0 Å². The van der Waals surface area contributed by atoms with Gasteiger partial charge < -0.3 is 9.32 Å². The van der Waals surface area contributed by atoms with Gasteiger partial charge in [-0.3, -0.25) is 9.69 Å². The first kappa shape index (κ1) is 16.5. The fourth-order valence-electron chi connectivity index (χ4n) is 3.28. The van der Waals surface area contributed by atoms with E-state index >= 15 is 0 Å². The van der Waals surface area contributed by atoms with Gasteiger partial charge in [0.05, 0.1) is 30.9 Å². The molecule has 1 aliphatic carbocycles. The second-order valence-electron chi connectivity index (χ2n) is 6.45. The number of carbonyl (C=O) groups excluding carboxylic acids is 1. The Kier molecular flexibility index (Phi) is 4.77. The van der Waals surface area contributed by atoms with Crippen molar-refractivity contribution in [1.82, 2.24) is 9.80 Å². The molecule has 1 saturated carbocycles. The lowest BCUT2D eigenvalue weighted by Crippen LogP contribution is -2.46. The van der Waals surface area contributed by atoms with Gasteiger partial charge in [-0.05, 0) is 38.3 Å². The molecule has 2 aliphatic rings. The molecule has 0 aromatic carbocycles. The molecule has 0 N–H and O–H groups in total. The number of nitrogens with zero attached hydrogens (tertiary/aromatic N) is 2. The molecule has 1 aliphatic heterocycles. The van der Waals surface area contributed by atoms with Gasteiger partial charge in [0, 0.05) is 18.6 Å². The van der Waals surface area contributed by atoms with Gasteiger partial charge >= 0.3 is 0 Å². The fourth-order valence-corrected chi connectivity index (χ4v) is 5.01. The number of likely N-dealkylation sites (N-methyl/N-ethyl adjacent to an activating group) is 1. The zero-order valence-electron chi connectivity index (χ0n) is 13.5. The van der Waals surface area contributed by atoms with Gasteiger partial charge in [-0.1, -0.05) is 0 Å². The van der Waals surface area contributed by atoms with E-state index in [1.165, 1.54) is 0 Å². The van der Waals surface area contributed by atoms with Crippen LogP contribution in [0.5, 0.6) is 0 Å². The van der Waals surface area contributed by atoms with Crippen molar-refractivity contribution in [3.8, 4) is 0 Å². The molecule has 1 aromatic heterocycles. The highest BCUT2D eigenvalue weighted by Gasteiger charge is 2.36. The van der Waals surface area contributed by atoms with E-state index in [4.69, 9.17) is 4.42 Å². The molecule has 1 aromatic rings. The monoisotopic (exact) mass is 340 g/mol. The highest BCUT2D eigenvalue weighted by molar-refractivity contribution is 7.91. The first-order chi connectivity index (χ1) is 11.0. The molecule has 0 spiro atoms. The van der Waals surface area contributed by atoms with Gasteiger partial charge in [-0.2, -0.15) is 0 Å². The third-order valence-corrected chi connectivity index (χ3v) is 6.40. The van der Waals surface area contributed by atoms with Gasteiger partial charge in [0.1, 0.15) is 5.76 Å². The van der Waals surface area contributed by atoms with Gasteiger partial charge in [0.15, 0.2) is 9.84 Å². The first-order valence-electron chi connectivity index (χ1n) is 8.25. The Hall–Kier alpha value is -1.34. The molecule has 128 valence electrons. The number of furan rings is 1. The molecule has 2 fully saturated rings. The third-order valence-electron chi connectivity index (χ3n) is 4.65. The lowest BCUT2D eigenvalue weighted by molar-refractivity contribution is -0.134. The van der Waals surface area contributed by atoms with Crippen LogP contribution in [0.15, 0.2) is 22.8 Å². The van der Waals surface area contributed by atoms with Crippen LogP contribution in [-0.4, -0.2) is 60.8 Å². The predicted octanol–water partition coefficient (Wildman–Crippen LogP) is 1.28. The molecule has 6 nitrogen and oxygen atoms in total. The minimum atomic E-state index is -2.98. The summed E-state index contributed by atoms with van der Waals surface area (Å²) in [6.45, 7) is 3.43. The number of rotatable bonds is 7. The summed E-state index contributed by atoms with van der Waals surface area (Å²) in [5.74, 6) is 1.18. The quantitative estimate of drug-likeness (QED) is 0.748. The van der Waals surface area contributed by atoms with E-state index in [-0.39, 0.29) is 23.5 Å². The largest absolute Gasteiger partial charge is 0.468 e. The van der Waals surface area contributed by atoms with E-state index in [9.17, 15) is 13.2 Å². The lowest BCUT2D eigenvalue weighted by Gasteiger charge is -2.30. The van der Waals surface area contributed by atoms with Gasteiger partial charge in [-0.15, -0.1) is 0 Å². The first-order valence-corrected chi connectivity index (χ1v) is 10.1. The highest BCUT2D eigenvalue weighted by atomic mass is 32.2. The average Bonchev–Trinajstić information content (AvgIpc) is 3.11. The van der Waals surface area contributed by atoms with Crippen LogP contribution >= 0.6 is 0 Å². The molecule has 1 amide bonds. The molecule has 3 rings (SSSR count). The summed E-state index contributed by atoms with van der Waals surface area (Å²) in [5, 5.41) is 0. The van der Waals surface area contributed by atoms with Gasteiger partial charge in [-0.25, -0.2) is 8.42 Å². The molecule has 1 atom stereocenters. The van der Waals surface area contributed by atoms with Crippen LogP contribution in [0.1, 0.15) is 31.9 Å². The van der Waals surface area contributed by atoms with E-state index in [0.717, 1.165) is 18.6 Å².